The van der Waals surface area contributed by atoms with Crippen LogP contribution in [0.4, 0.5) is 0 Å². The molecule has 0 aromatic heterocycles. The zero-order chi connectivity index (χ0) is 41.7. The van der Waals surface area contributed by atoms with E-state index in [2.05, 4.69) is 66.7 Å². The highest BCUT2D eigenvalue weighted by atomic mass is 28.4. The molecule has 3 unspecified atom stereocenters. The maximum Gasteiger partial charge on any atom is 0.490 e. The molecule has 9 nitrogen and oxygen atoms in total. The first-order valence-electron chi connectivity index (χ1n) is 22.7. The summed E-state index contributed by atoms with van der Waals surface area (Å²) in [5, 5.41) is 14.4. The molecule has 0 fully saturated rings. The predicted molar refractivity (Wildman–Crippen MR) is 242 cm³/mol. The minimum atomic E-state index is -3.23. The first-order chi connectivity index (χ1) is 28.4. The molecule has 3 atom stereocenters. The van der Waals surface area contributed by atoms with Crippen LogP contribution >= 0.6 is 0 Å². The van der Waals surface area contributed by atoms with Crippen molar-refractivity contribution in [1.82, 2.24) is 0 Å². The van der Waals surface area contributed by atoms with Crippen molar-refractivity contribution in [3.05, 3.63) is 89.5 Å². The number of unbranched alkanes of at least 4 members (excludes halogenated alkanes) is 3. The van der Waals surface area contributed by atoms with Gasteiger partial charge in [-0.25, -0.2) is 0 Å². The summed E-state index contributed by atoms with van der Waals surface area (Å²) in [6.07, 6.45) is 14.9. The lowest BCUT2D eigenvalue weighted by Gasteiger charge is -2.18. The van der Waals surface area contributed by atoms with Crippen LogP contribution in [0, 0.1) is 17.8 Å². The maximum absolute atomic E-state index is 6.39. The van der Waals surface area contributed by atoms with Crippen LogP contribution < -0.4 is 14.2 Å². The SMILES string of the molecule is CCCCC(CC)COc1ccccc1CN=N[Si](CCC)(N=NCc1ccccc1OCC(CC)CCCC)N=NCc1ccccc1OCC(CC)CCCC. The summed E-state index contributed by atoms with van der Waals surface area (Å²) in [6.45, 7) is 18.8. The summed E-state index contributed by atoms with van der Waals surface area (Å²) in [4.78, 5) is 0. The first kappa shape index (κ1) is 48.4. The molecule has 3 aromatic rings. The lowest BCUT2D eigenvalue weighted by molar-refractivity contribution is 0.231. The number of ether oxygens (including phenoxy) is 3. The second kappa shape index (κ2) is 29.3. The number of hydrogen-bond acceptors (Lipinski definition) is 9. The van der Waals surface area contributed by atoms with Crippen LogP contribution in [0.25, 0.3) is 0 Å². The van der Waals surface area contributed by atoms with Crippen molar-refractivity contribution in [2.45, 2.75) is 158 Å². The van der Waals surface area contributed by atoms with Gasteiger partial charge >= 0.3 is 8.56 Å². The zero-order valence-electron chi connectivity index (χ0n) is 37.2. The summed E-state index contributed by atoms with van der Waals surface area (Å²) in [7, 11) is -3.23. The van der Waals surface area contributed by atoms with Gasteiger partial charge in [0, 0.05) is 22.7 Å². The Morgan fingerprint density at radius 3 is 1.02 bits per heavy atom. The highest BCUT2D eigenvalue weighted by Crippen LogP contribution is 2.28. The van der Waals surface area contributed by atoms with Crippen molar-refractivity contribution in [3.8, 4) is 17.2 Å². The van der Waals surface area contributed by atoms with Gasteiger partial charge in [0.2, 0.25) is 0 Å². The van der Waals surface area contributed by atoms with Gasteiger partial charge < -0.3 is 14.2 Å². The van der Waals surface area contributed by atoms with Crippen LogP contribution in [0.1, 0.15) is 149 Å². The van der Waals surface area contributed by atoms with E-state index >= 15 is 0 Å². The van der Waals surface area contributed by atoms with Crippen LogP contribution in [0.3, 0.4) is 0 Å². The average Bonchev–Trinajstić information content (AvgIpc) is 3.25. The second-order valence-electron chi connectivity index (χ2n) is 15.7. The highest BCUT2D eigenvalue weighted by Gasteiger charge is 2.36. The molecule has 0 bridgehead atoms. The van der Waals surface area contributed by atoms with Crippen molar-refractivity contribution >= 4 is 8.56 Å². The Balaban J connectivity index is 1.89. The molecule has 0 saturated heterocycles. The Bertz CT molecular complexity index is 1440. The molecular formula is C48H76N6O3Si. The lowest BCUT2D eigenvalue weighted by atomic mass is 10.0. The molecule has 0 saturated carbocycles. The quantitative estimate of drug-likeness (QED) is 0.0463. The molecule has 0 amide bonds. The predicted octanol–water partition coefficient (Wildman–Crippen LogP) is 15.1. The van der Waals surface area contributed by atoms with E-state index in [1.54, 1.807) is 0 Å². The van der Waals surface area contributed by atoms with Gasteiger partial charge in [-0.15, -0.1) is 0 Å². The fourth-order valence-electron chi connectivity index (χ4n) is 6.86. The molecule has 0 aliphatic heterocycles. The van der Waals surface area contributed by atoms with Crippen LogP contribution in [0.15, 0.2) is 102 Å². The monoisotopic (exact) mass is 813 g/mol. The Morgan fingerprint density at radius 2 is 0.741 bits per heavy atom. The molecule has 0 N–H and O–H groups in total. The third-order valence-corrected chi connectivity index (χ3v) is 13.5. The van der Waals surface area contributed by atoms with E-state index in [0.29, 0.717) is 63.3 Å². The standard InChI is InChI=1S/C48H76N6O3Si/c1-8-15-24-40(12-5)37-55-46-30-21-18-27-43(46)34-49-52-58(33-11-4,53-50-35-44-28-19-22-31-47(44)56-38-41(13-6)25-16-9-2)54-51-36-45-29-20-23-32-48(45)57-39-42(14-7)26-17-10-3/h18-23,27-32,40-42H,8-17,24-26,33-39H2,1-7H3. The van der Waals surface area contributed by atoms with Gasteiger partial charge in [0.1, 0.15) is 17.2 Å². The molecular weight excluding hydrogens is 737 g/mol. The smallest absolute Gasteiger partial charge is 0.490 e. The summed E-state index contributed by atoms with van der Waals surface area (Å²) in [5.74, 6) is 4.18. The normalized spacial score (nSPS) is 14.5. The van der Waals surface area contributed by atoms with Crippen molar-refractivity contribution in [2.24, 2.45) is 47.4 Å². The van der Waals surface area contributed by atoms with Gasteiger partial charge in [-0.1, -0.05) is 167 Å². The van der Waals surface area contributed by atoms with Crippen LogP contribution in [0.5, 0.6) is 17.2 Å². The minimum absolute atomic E-state index is 0.367. The second-order valence-corrected chi connectivity index (χ2v) is 18.4. The number of rotatable bonds is 32. The molecule has 58 heavy (non-hydrogen) atoms. The Morgan fingerprint density at radius 1 is 0.431 bits per heavy atom. The Kier molecular flexibility index (Phi) is 24.5. The summed E-state index contributed by atoms with van der Waals surface area (Å²) < 4.78 is 34.1. The van der Waals surface area contributed by atoms with E-state index in [1.807, 2.05) is 54.6 Å². The van der Waals surface area contributed by atoms with E-state index in [9.17, 15) is 0 Å². The summed E-state index contributed by atoms with van der Waals surface area (Å²) in [5.41, 5.74) is 2.99. The van der Waals surface area contributed by atoms with Crippen molar-refractivity contribution in [3.63, 3.8) is 0 Å². The number of para-hydroxylation sites is 3. The van der Waals surface area contributed by atoms with E-state index < -0.39 is 8.56 Å². The van der Waals surface area contributed by atoms with Crippen LogP contribution in [-0.2, 0) is 19.6 Å². The highest BCUT2D eigenvalue weighted by molar-refractivity contribution is 6.74. The van der Waals surface area contributed by atoms with Gasteiger partial charge in [0.25, 0.3) is 0 Å². The molecule has 3 rings (SSSR count). The third kappa shape index (κ3) is 17.9. The summed E-state index contributed by atoms with van der Waals surface area (Å²) in [6, 6.07) is 25.1. The number of benzene rings is 3. The zero-order valence-corrected chi connectivity index (χ0v) is 38.2. The first-order valence-corrected chi connectivity index (χ1v) is 24.8. The lowest BCUT2D eigenvalue weighted by Crippen LogP contribution is -2.26. The Labute approximate surface area is 353 Å². The van der Waals surface area contributed by atoms with Gasteiger partial charge in [0.15, 0.2) is 0 Å². The van der Waals surface area contributed by atoms with E-state index in [4.69, 9.17) is 43.9 Å². The van der Waals surface area contributed by atoms with Crippen molar-refractivity contribution in [1.29, 1.82) is 0 Å². The maximum atomic E-state index is 6.39. The van der Waals surface area contributed by atoms with Gasteiger partial charge in [0.05, 0.1) is 39.5 Å². The number of hydrogen-bond donors (Lipinski definition) is 0. The molecule has 0 radical (unpaired) electrons. The van der Waals surface area contributed by atoms with E-state index in [-0.39, 0.29) is 0 Å². The van der Waals surface area contributed by atoms with Gasteiger partial charge in [-0.05, 0) is 55.2 Å². The largest absolute Gasteiger partial charge is 0.493 e. The van der Waals surface area contributed by atoms with Gasteiger partial charge in [-0.3, -0.25) is 0 Å². The molecule has 320 valence electrons. The molecule has 10 heteroatoms. The summed E-state index contributed by atoms with van der Waals surface area (Å²) >= 11 is 0. The van der Waals surface area contributed by atoms with Crippen LogP contribution in [-0.4, -0.2) is 28.4 Å². The minimum Gasteiger partial charge on any atom is -0.493 e. The Hall–Kier alpha value is -3.92. The topological polar surface area (TPSA) is 102 Å². The van der Waals surface area contributed by atoms with Crippen molar-refractivity contribution in [2.75, 3.05) is 19.8 Å². The molecule has 3 aromatic carbocycles. The van der Waals surface area contributed by atoms with Crippen molar-refractivity contribution < 1.29 is 14.2 Å². The molecule has 0 aliphatic carbocycles. The average molecular weight is 813 g/mol. The van der Waals surface area contributed by atoms with Gasteiger partial charge in [-0.2, -0.15) is 29.7 Å². The van der Waals surface area contributed by atoms with E-state index in [1.165, 1.54) is 57.8 Å². The van der Waals surface area contributed by atoms with E-state index in [0.717, 1.165) is 59.6 Å². The number of nitrogens with zero attached hydrogens (tertiary/aromatic N) is 6. The fraction of sp³-hybridized carbons (Fsp3) is 0.625. The third-order valence-electron chi connectivity index (χ3n) is 11.0. The molecule has 0 heterocycles. The fourth-order valence-corrected chi connectivity index (χ4v) is 8.85. The van der Waals surface area contributed by atoms with Crippen LogP contribution in [0.2, 0.25) is 6.04 Å². The molecule has 0 aliphatic rings. The molecule has 0 spiro atoms.